The standard InChI is InChI=1S/C21H23NO6S/c1-29(25,26)22-12-5-6-16-14-17(9-10-19(16)22)20(23)15-28-21(24)11-13-27-18-7-3-2-4-8-18/h2-4,7-10,14H,5-6,11-13,15H2,1H3. The Balaban J connectivity index is 1.52. The highest BCUT2D eigenvalue weighted by Gasteiger charge is 2.24. The highest BCUT2D eigenvalue weighted by atomic mass is 32.2. The quantitative estimate of drug-likeness (QED) is 0.484. The first kappa shape index (κ1) is 20.9. The third-order valence-electron chi connectivity index (χ3n) is 4.56. The van der Waals surface area contributed by atoms with E-state index in [9.17, 15) is 18.0 Å². The number of nitrogens with zero attached hydrogens (tertiary/aromatic N) is 1. The molecule has 1 heterocycles. The topological polar surface area (TPSA) is 90.0 Å². The summed E-state index contributed by atoms with van der Waals surface area (Å²) in [4.78, 5) is 24.2. The maximum Gasteiger partial charge on any atom is 0.309 e. The van der Waals surface area contributed by atoms with Crippen LogP contribution in [0.4, 0.5) is 5.69 Å². The van der Waals surface area contributed by atoms with Crippen LogP contribution in [-0.4, -0.2) is 46.2 Å². The zero-order valence-corrected chi connectivity index (χ0v) is 17.0. The summed E-state index contributed by atoms with van der Waals surface area (Å²) >= 11 is 0. The van der Waals surface area contributed by atoms with Gasteiger partial charge in [0.2, 0.25) is 10.0 Å². The average molecular weight is 417 g/mol. The van der Waals surface area contributed by atoms with Gasteiger partial charge in [0, 0.05) is 12.1 Å². The SMILES string of the molecule is CS(=O)(=O)N1CCCc2cc(C(=O)COC(=O)CCOc3ccccc3)ccc21. The van der Waals surface area contributed by atoms with Gasteiger partial charge in [-0.15, -0.1) is 0 Å². The van der Waals surface area contributed by atoms with Crippen LogP contribution in [0.3, 0.4) is 0 Å². The van der Waals surface area contributed by atoms with Crippen molar-refractivity contribution in [1.29, 1.82) is 0 Å². The Labute approximate surface area is 170 Å². The molecule has 2 aromatic carbocycles. The molecular formula is C21H23NO6S. The van der Waals surface area contributed by atoms with E-state index in [4.69, 9.17) is 9.47 Å². The van der Waals surface area contributed by atoms with E-state index < -0.39 is 16.0 Å². The lowest BCUT2D eigenvalue weighted by Gasteiger charge is -2.29. The summed E-state index contributed by atoms with van der Waals surface area (Å²) in [6, 6.07) is 14.0. The molecular weight excluding hydrogens is 394 g/mol. The van der Waals surface area contributed by atoms with Crippen LogP contribution >= 0.6 is 0 Å². The molecule has 0 spiro atoms. The smallest absolute Gasteiger partial charge is 0.309 e. The molecule has 0 atom stereocenters. The van der Waals surface area contributed by atoms with Crippen molar-refractivity contribution in [3.8, 4) is 5.75 Å². The fourth-order valence-electron chi connectivity index (χ4n) is 3.15. The van der Waals surface area contributed by atoms with Gasteiger partial charge in [0.05, 0.1) is 25.0 Å². The third-order valence-corrected chi connectivity index (χ3v) is 5.74. The van der Waals surface area contributed by atoms with Crippen molar-refractivity contribution in [3.05, 3.63) is 59.7 Å². The molecule has 154 valence electrons. The van der Waals surface area contributed by atoms with E-state index in [1.165, 1.54) is 10.6 Å². The Hall–Kier alpha value is -2.87. The number of ether oxygens (including phenoxy) is 2. The summed E-state index contributed by atoms with van der Waals surface area (Å²) in [5, 5.41) is 0. The predicted octanol–water partition coefficient (Wildman–Crippen LogP) is 2.59. The third kappa shape index (κ3) is 5.57. The highest BCUT2D eigenvalue weighted by molar-refractivity contribution is 7.92. The van der Waals surface area contributed by atoms with Gasteiger partial charge in [-0.2, -0.15) is 0 Å². The van der Waals surface area contributed by atoms with Crippen molar-refractivity contribution in [1.82, 2.24) is 0 Å². The van der Waals surface area contributed by atoms with Gasteiger partial charge in [0.25, 0.3) is 0 Å². The number of hydrogen-bond donors (Lipinski definition) is 0. The number of rotatable bonds is 8. The van der Waals surface area contributed by atoms with E-state index in [1.54, 1.807) is 30.3 Å². The van der Waals surface area contributed by atoms with E-state index in [0.29, 0.717) is 36.4 Å². The molecule has 0 N–H and O–H groups in total. The van der Waals surface area contributed by atoms with E-state index in [-0.39, 0.29) is 25.4 Å². The Morgan fingerprint density at radius 3 is 2.59 bits per heavy atom. The van der Waals surface area contributed by atoms with Crippen molar-refractivity contribution >= 4 is 27.5 Å². The van der Waals surface area contributed by atoms with Crippen LogP contribution in [-0.2, 0) is 26.0 Å². The molecule has 7 nitrogen and oxygen atoms in total. The molecule has 0 radical (unpaired) electrons. The van der Waals surface area contributed by atoms with Gasteiger partial charge in [0.15, 0.2) is 12.4 Å². The molecule has 8 heteroatoms. The second kappa shape index (κ2) is 9.09. The molecule has 0 amide bonds. The molecule has 29 heavy (non-hydrogen) atoms. The van der Waals surface area contributed by atoms with E-state index in [2.05, 4.69) is 0 Å². The Bertz CT molecular complexity index is 987. The van der Waals surface area contributed by atoms with Gasteiger partial charge in [-0.1, -0.05) is 18.2 Å². The van der Waals surface area contributed by atoms with Gasteiger partial charge < -0.3 is 9.47 Å². The fourth-order valence-corrected chi connectivity index (χ4v) is 4.15. The average Bonchev–Trinajstić information content (AvgIpc) is 2.71. The molecule has 0 saturated carbocycles. The fraction of sp³-hybridized carbons (Fsp3) is 0.333. The molecule has 0 fully saturated rings. The molecule has 0 bridgehead atoms. The number of ketones is 1. The van der Waals surface area contributed by atoms with Crippen molar-refractivity contribution in [2.45, 2.75) is 19.3 Å². The zero-order valence-electron chi connectivity index (χ0n) is 16.2. The molecule has 0 aliphatic carbocycles. The largest absolute Gasteiger partial charge is 0.493 e. The first-order chi connectivity index (χ1) is 13.8. The number of sulfonamides is 1. The number of benzene rings is 2. The van der Waals surface area contributed by atoms with Gasteiger partial charge in [-0.3, -0.25) is 13.9 Å². The number of para-hydroxylation sites is 1. The lowest BCUT2D eigenvalue weighted by Crippen LogP contribution is -2.34. The Morgan fingerprint density at radius 2 is 1.86 bits per heavy atom. The summed E-state index contributed by atoms with van der Waals surface area (Å²) in [6.45, 7) is 0.234. The lowest BCUT2D eigenvalue weighted by molar-refractivity contribution is -0.143. The normalized spacial score (nSPS) is 13.5. The summed E-state index contributed by atoms with van der Waals surface area (Å²) in [5.41, 5.74) is 1.80. The van der Waals surface area contributed by atoms with Crippen LogP contribution < -0.4 is 9.04 Å². The number of carbonyl (C=O) groups excluding carboxylic acids is 2. The predicted molar refractivity (Wildman–Crippen MR) is 109 cm³/mol. The Morgan fingerprint density at radius 1 is 1.10 bits per heavy atom. The maximum absolute atomic E-state index is 12.4. The number of fused-ring (bicyclic) bond motifs is 1. The zero-order chi connectivity index (χ0) is 20.9. The van der Waals surface area contributed by atoms with Crippen molar-refractivity contribution in [3.63, 3.8) is 0 Å². The summed E-state index contributed by atoms with van der Waals surface area (Å²) < 4.78 is 35.7. The van der Waals surface area contributed by atoms with Gasteiger partial charge in [-0.25, -0.2) is 8.42 Å². The minimum Gasteiger partial charge on any atom is -0.493 e. The minimum atomic E-state index is -3.36. The summed E-state index contributed by atoms with van der Waals surface area (Å²) in [5.74, 6) is -0.189. The molecule has 1 aliphatic heterocycles. The first-order valence-corrected chi connectivity index (χ1v) is 11.2. The van der Waals surface area contributed by atoms with E-state index in [1.807, 2.05) is 18.2 Å². The van der Waals surface area contributed by atoms with Gasteiger partial charge in [0.1, 0.15) is 5.75 Å². The van der Waals surface area contributed by atoms with Crippen LogP contribution in [0.15, 0.2) is 48.5 Å². The number of Topliss-reactive ketones (excluding diaryl/α,β-unsaturated/α-hetero) is 1. The molecule has 0 aromatic heterocycles. The second-order valence-electron chi connectivity index (χ2n) is 6.78. The number of carbonyl (C=O) groups is 2. The number of hydrogen-bond acceptors (Lipinski definition) is 6. The van der Waals surface area contributed by atoms with E-state index >= 15 is 0 Å². The molecule has 2 aromatic rings. The van der Waals surface area contributed by atoms with Gasteiger partial charge in [-0.05, 0) is 48.7 Å². The van der Waals surface area contributed by atoms with Crippen LogP contribution in [0, 0.1) is 0 Å². The Kier molecular flexibility index (Phi) is 6.53. The van der Waals surface area contributed by atoms with Gasteiger partial charge >= 0.3 is 5.97 Å². The molecule has 0 unspecified atom stereocenters. The monoisotopic (exact) mass is 417 g/mol. The van der Waals surface area contributed by atoms with E-state index in [0.717, 1.165) is 5.56 Å². The van der Waals surface area contributed by atoms with Crippen LogP contribution in [0.5, 0.6) is 5.75 Å². The summed E-state index contributed by atoms with van der Waals surface area (Å²) in [6.07, 6.45) is 2.59. The number of aryl methyl sites for hydroxylation is 1. The lowest BCUT2D eigenvalue weighted by atomic mass is 9.99. The minimum absolute atomic E-state index is 0.0374. The molecule has 0 saturated heterocycles. The summed E-state index contributed by atoms with van der Waals surface area (Å²) in [7, 11) is -3.36. The van der Waals surface area contributed by atoms with Crippen molar-refractivity contribution in [2.24, 2.45) is 0 Å². The molecule has 3 rings (SSSR count). The van der Waals surface area contributed by atoms with Crippen molar-refractivity contribution in [2.75, 3.05) is 30.3 Å². The first-order valence-electron chi connectivity index (χ1n) is 9.32. The molecule has 1 aliphatic rings. The number of esters is 1. The maximum atomic E-state index is 12.4. The highest BCUT2D eigenvalue weighted by Crippen LogP contribution is 2.30. The van der Waals surface area contributed by atoms with Crippen LogP contribution in [0.25, 0.3) is 0 Å². The van der Waals surface area contributed by atoms with Crippen LogP contribution in [0.2, 0.25) is 0 Å². The van der Waals surface area contributed by atoms with Crippen LogP contribution in [0.1, 0.15) is 28.8 Å². The number of anilines is 1. The second-order valence-corrected chi connectivity index (χ2v) is 8.68. The van der Waals surface area contributed by atoms with Crippen molar-refractivity contribution < 1.29 is 27.5 Å².